The predicted molar refractivity (Wildman–Crippen MR) is 110 cm³/mol. The highest BCUT2D eigenvalue weighted by Crippen LogP contribution is 2.30. The Labute approximate surface area is 164 Å². The fraction of sp³-hybridized carbons (Fsp3) is 0.476. The first-order valence-corrected chi connectivity index (χ1v) is 10.2. The number of carbonyl (C=O) groups is 2. The third kappa shape index (κ3) is 4.05. The molecule has 1 aromatic carbocycles. The van der Waals surface area contributed by atoms with E-state index in [1.54, 1.807) is 0 Å². The van der Waals surface area contributed by atoms with Crippen LogP contribution in [0.2, 0.25) is 0 Å². The van der Waals surface area contributed by atoms with Crippen LogP contribution in [0.5, 0.6) is 0 Å². The maximum Gasteiger partial charge on any atom is 0.267 e. The van der Waals surface area contributed by atoms with Crippen LogP contribution < -0.4 is 5.32 Å². The summed E-state index contributed by atoms with van der Waals surface area (Å²) in [7, 11) is 0. The molecule has 2 heterocycles. The van der Waals surface area contributed by atoms with E-state index in [4.69, 9.17) is 0 Å². The van der Waals surface area contributed by atoms with Crippen LogP contribution in [0, 0.1) is 13.8 Å². The maximum atomic E-state index is 12.8. The van der Waals surface area contributed by atoms with Gasteiger partial charge in [-0.1, -0.05) is 26.8 Å². The van der Waals surface area contributed by atoms with E-state index in [1.807, 2.05) is 36.9 Å². The zero-order valence-corrected chi connectivity index (χ0v) is 17.5. The number of hydrogen-bond acceptors (Lipinski definition) is 4. The number of thiazole rings is 1. The Balaban J connectivity index is 1.84. The van der Waals surface area contributed by atoms with E-state index in [0.29, 0.717) is 16.1 Å². The Hall–Kier alpha value is -2.21. The van der Waals surface area contributed by atoms with Gasteiger partial charge in [-0.25, -0.2) is 4.98 Å². The lowest BCUT2D eigenvalue weighted by molar-refractivity contribution is 0.0791. The Morgan fingerprint density at radius 1 is 1.15 bits per heavy atom. The second-order valence-electron chi connectivity index (χ2n) is 8.12. The molecule has 0 bridgehead atoms. The van der Waals surface area contributed by atoms with Crippen LogP contribution in [0.25, 0.3) is 0 Å². The minimum Gasteiger partial charge on any atom is -0.339 e. The molecule has 0 spiro atoms. The van der Waals surface area contributed by atoms with Crippen LogP contribution >= 0.6 is 11.3 Å². The molecule has 27 heavy (non-hydrogen) atoms. The highest BCUT2D eigenvalue weighted by molar-refractivity contribution is 7.14. The minimum absolute atomic E-state index is 0.0464. The van der Waals surface area contributed by atoms with Gasteiger partial charge in [0.2, 0.25) is 0 Å². The lowest BCUT2D eigenvalue weighted by atomic mass is 9.98. The van der Waals surface area contributed by atoms with Crippen molar-refractivity contribution in [3.63, 3.8) is 0 Å². The van der Waals surface area contributed by atoms with E-state index >= 15 is 0 Å². The standard InChI is InChI=1S/C21H27N3O2S/c1-13-15(19(26)24-11-6-7-12-24)9-8-10-16(13)23-18(25)17-14(2)22-20(27-17)21(3,4)5/h8-10H,6-7,11-12H2,1-5H3,(H,23,25). The van der Waals surface area contributed by atoms with Gasteiger partial charge in [0.15, 0.2) is 0 Å². The first-order valence-electron chi connectivity index (χ1n) is 9.36. The van der Waals surface area contributed by atoms with Crippen LogP contribution in [-0.4, -0.2) is 34.8 Å². The second-order valence-corrected chi connectivity index (χ2v) is 9.11. The molecule has 0 unspecified atom stereocenters. The van der Waals surface area contributed by atoms with Crippen LogP contribution in [-0.2, 0) is 5.41 Å². The largest absolute Gasteiger partial charge is 0.339 e. The quantitative estimate of drug-likeness (QED) is 0.843. The van der Waals surface area contributed by atoms with Gasteiger partial charge in [0, 0.05) is 29.8 Å². The molecular weight excluding hydrogens is 358 g/mol. The van der Waals surface area contributed by atoms with Crippen molar-refractivity contribution in [2.24, 2.45) is 0 Å². The van der Waals surface area contributed by atoms with Crippen molar-refractivity contribution in [1.82, 2.24) is 9.88 Å². The fourth-order valence-electron chi connectivity index (χ4n) is 3.20. The zero-order valence-electron chi connectivity index (χ0n) is 16.7. The molecule has 1 fully saturated rings. The highest BCUT2D eigenvalue weighted by Gasteiger charge is 2.25. The summed E-state index contributed by atoms with van der Waals surface area (Å²) < 4.78 is 0. The number of amides is 2. The normalized spacial score (nSPS) is 14.5. The third-order valence-corrected chi connectivity index (χ3v) is 6.43. The third-order valence-electron chi connectivity index (χ3n) is 4.85. The number of aryl methyl sites for hydroxylation is 1. The molecule has 6 heteroatoms. The average Bonchev–Trinajstić information content (AvgIpc) is 3.25. The Morgan fingerprint density at radius 2 is 1.81 bits per heavy atom. The van der Waals surface area contributed by atoms with Gasteiger partial charge in [0.05, 0.1) is 10.7 Å². The molecular formula is C21H27N3O2S. The summed E-state index contributed by atoms with van der Waals surface area (Å²) in [5.74, 6) is -0.125. The summed E-state index contributed by atoms with van der Waals surface area (Å²) in [5, 5.41) is 3.92. The number of nitrogens with one attached hydrogen (secondary N) is 1. The van der Waals surface area contributed by atoms with Gasteiger partial charge in [0.1, 0.15) is 4.88 Å². The van der Waals surface area contributed by atoms with Gasteiger partial charge in [-0.15, -0.1) is 11.3 Å². The second kappa shape index (κ2) is 7.43. The molecule has 1 saturated heterocycles. The zero-order chi connectivity index (χ0) is 19.8. The molecule has 0 atom stereocenters. The van der Waals surface area contributed by atoms with Crippen molar-refractivity contribution in [2.45, 2.75) is 52.9 Å². The van der Waals surface area contributed by atoms with E-state index in [2.05, 4.69) is 31.1 Å². The van der Waals surface area contributed by atoms with Crippen molar-refractivity contribution in [3.05, 3.63) is 44.9 Å². The van der Waals surface area contributed by atoms with Gasteiger partial charge in [-0.3, -0.25) is 9.59 Å². The number of carbonyl (C=O) groups excluding carboxylic acids is 2. The van der Waals surface area contributed by atoms with Crippen molar-refractivity contribution < 1.29 is 9.59 Å². The van der Waals surface area contributed by atoms with E-state index in [0.717, 1.165) is 42.2 Å². The maximum absolute atomic E-state index is 12.8. The topological polar surface area (TPSA) is 62.3 Å². The predicted octanol–water partition coefficient (Wildman–Crippen LogP) is 4.55. The lowest BCUT2D eigenvalue weighted by Gasteiger charge is -2.18. The fourth-order valence-corrected chi connectivity index (χ4v) is 4.22. The number of likely N-dealkylation sites (tertiary alicyclic amines) is 1. The van der Waals surface area contributed by atoms with Crippen LogP contribution in [0.1, 0.15) is 69.9 Å². The molecule has 144 valence electrons. The van der Waals surface area contributed by atoms with Crippen molar-refractivity contribution in [1.29, 1.82) is 0 Å². The smallest absolute Gasteiger partial charge is 0.267 e. The van der Waals surface area contributed by atoms with Crippen molar-refractivity contribution >= 4 is 28.8 Å². The van der Waals surface area contributed by atoms with Crippen molar-refractivity contribution in [3.8, 4) is 0 Å². The van der Waals surface area contributed by atoms with Gasteiger partial charge < -0.3 is 10.2 Å². The van der Waals surface area contributed by atoms with Gasteiger partial charge in [-0.05, 0) is 44.4 Å². The molecule has 1 aliphatic heterocycles. The molecule has 0 saturated carbocycles. The van der Waals surface area contributed by atoms with Gasteiger partial charge >= 0.3 is 0 Å². The van der Waals surface area contributed by atoms with Gasteiger partial charge in [-0.2, -0.15) is 0 Å². The number of nitrogens with zero attached hydrogens (tertiary/aromatic N) is 2. The first kappa shape index (κ1) is 19.5. The summed E-state index contributed by atoms with van der Waals surface area (Å²) in [5.41, 5.74) is 2.79. The van der Waals surface area contributed by atoms with E-state index < -0.39 is 0 Å². The van der Waals surface area contributed by atoms with Crippen molar-refractivity contribution in [2.75, 3.05) is 18.4 Å². The number of rotatable bonds is 3. The van der Waals surface area contributed by atoms with Crippen LogP contribution in [0.3, 0.4) is 0 Å². The molecule has 0 aliphatic carbocycles. The summed E-state index contributed by atoms with van der Waals surface area (Å²) in [4.78, 5) is 32.6. The monoisotopic (exact) mass is 385 g/mol. The summed E-state index contributed by atoms with van der Waals surface area (Å²) in [6.45, 7) is 11.6. The Kier molecular flexibility index (Phi) is 5.38. The Morgan fingerprint density at radius 3 is 2.41 bits per heavy atom. The first-order chi connectivity index (χ1) is 12.7. The molecule has 3 rings (SSSR count). The van der Waals surface area contributed by atoms with E-state index in [1.165, 1.54) is 11.3 Å². The molecule has 0 radical (unpaired) electrons. The number of benzene rings is 1. The van der Waals surface area contributed by atoms with E-state index in [-0.39, 0.29) is 17.2 Å². The molecule has 2 amide bonds. The van der Waals surface area contributed by atoms with Gasteiger partial charge in [0.25, 0.3) is 11.8 Å². The Bertz CT molecular complexity index is 874. The molecule has 2 aromatic rings. The molecule has 5 nitrogen and oxygen atoms in total. The molecule has 1 aromatic heterocycles. The summed E-state index contributed by atoms with van der Waals surface area (Å²) in [6, 6.07) is 5.50. The summed E-state index contributed by atoms with van der Waals surface area (Å²) in [6.07, 6.45) is 2.12. The number of anilines is 1. The molecule has 1 aliphatic rings. The van der Waals surface area contributed by atoms with Crippen LogP contribution in [0.15, 0.2) is 18.2 Å². The lowest BCUT2D eigenvalue weighted by Crippen LogP contribution is -2.28. The van der Waals surface area contributed by atoms with Crippen LogP contribution in [0.4, 0.5) is 5.69 Å². The highest BCUT2D eigenvalue weighted by atomic mass is 32.1. The number of aromatic nitrogens is 1. The summed E-state index contributed by atoms with van der Waals surface area (Å²) >= 11 is 1.43. The van der Waals surface area contributed by atoms with E-state index in [9.17, 15) is 9.59 Å². The SMILES string of the molecule is Cc1nc(C(C)(C)C)sc1C(=O)Nc1cccc(C(=O)N2CCCC2)c1C. The minimum atomic E-state index is -0.172. The number of hydrogen-bond donors (Lipinski definition) is 1. The average molecular weight is 386 g/mol. The molecule has 1 N–H and O–H groups in total.